The maximum atomic E-state index is 12.2. The normalized spacial score (nSPS) is 11.4. The third-order valence-corrected chi connectivity index (χ3v) is 4.78. The summed E-state index contributed by atoms with van der Waals surface area (Å²) in [6, 6.07) is 18.5. The van der Waals surface area contributed by atoms with Crippen LogP contribution in [0.2, 0.25) is 5.02 Å². The molecule has 0 unspecified atom stereocenters. The Morgan fingerprint density at radius 1 is 1.16 bits per heavy atom. The highest BCUT2D eigenvalue weighted by Crippen LogP contribution is 2.28. The minimum Gasteiger partial charge on any atom is -0.444 e. The maximum Gasteiger partial charge on any atom is 0.411 e. The van der Waals surface area contributed by atoms with E-state index < -0.39 is 6.09 Å². The number of ether oxygens (including phenoxy) is 1. The van der Waals surface area contributed by atoms with Crippen molar-refractivity contribution >= 4 is 29.2 Å². The molecular formula is C24H25ClN4O2. The molecule has 0 aliphatic carbocycles. The van der Waals surface area contributed by atoms with Gasteiger partial charge in [-0.2, -0.15) is 0 Å². The first-order chi connectivity index (χ1) is 15.1. The molecule has 1 aromatic heterocycles. The van der Waals surface area contributed by atoms with Crippen LogP contribution in [0.15, 0.2) is 79.5 Å². The number of hydrogen-bond donors (Lipinski definition) is 3. The van der Waals surface area contributed by atoms with E-state index in [-0.39, 0.29) is 12.6 Å². The fourth-order valence-corrected chi connectivity index (χ4v) is 3.31. The summed E-state index contributed by atoms with van der Waals surface area (Å²) in [7, 11) is 0. The second-order valence-electron chi connectivity index (χ2n) is 6.93. The summed E-state index contributed by atoms with van der Waals surface area (Å²) < 4.78 is 5.29. The van der Waals surface area contributed by atoms with Gasteiger partial charge >= 0.3 is 6.09 Å². The molecule has 0 bridgehead atoms. The van der Waals surface area contributed by atoms with E-state index in [9.17, 15) is 4.79 Å². The van der Waals surface area contributed by atoms with Gasteiger partial charge in [0.1, 0.15) is 12.4 Å². The summed E-state index contributed by atoms with van der Waals surface area (Å²) in [6.07, 6.45) is 3.60. The second-order valence-corrected chi connectivity index (χ2v) is 7.37. The second kappa shape index (κ2) is 11.2. The Morgan fingerprint density at radius 2 is 1.97 bits per heavy atom. The van der Waals surface area contributed by atoms with Gasteiger partial charge in [0.25, 0.3) is 0 Å². The van der Waals surface area contributed by atoms with Crippen LogP contribution in [0.25, 0.3) is 0 Å². The molecule has 0 saturated carbocycles. The molecule has 1 amide bonds. The molecule has 4 N–H and O–H groups in total. The highest BCUT2D eigenvalue weighted by atomic mass is 35.5. The van der Waals surface area contributed by atoms with Crippen molar-refractivity contribution in [1.29, 1.82) is 0 Å². The van der Waals surface area contributed by atoms with Crippen molar-refractivity contribution in [3.63, 3.8) is 0 Å². The van der Waals surface area contributed by atoms with Crippen LogP contribution in [0, 0.1) is 0 Å². The molecule has 0 aliphatic rings. The SMILES string of the molecule is C=CC[C@H](Nc1cc(CN)ccn1)c1cc(Cl)cc(NC(=O)OCc2ccccc2)c1. The van der Waals surface area contributed by atoms with Gasteiger partial charge in [0.15, 0.2) is 0 Å². The molecule has 160 valence electrons. The van der Waals surface area contributed by atoms with Crippen LogP contribution in [-0.2, 0) is 17.9 Å². The van der Waals surface area contributed by atoms with Crippen molar-refractivity contribution in [2.75, 3.05) is 10.6 Å². The van der Waals surface area contributed by atoms with E-state index >= 15 is 0 Å². The Morgan fingerprint density at radius 3 is 2.71 bits per heavy atom. The first kappa shape index (κ1) is 22.3. The fourth-order valence-electron chi connectivity index (χ4n) is 3.07. The highest BCUT2D eigenvalue weighted by molar-refractivity contribution is 6.31. The summed E-state index contributed by atoms with van der Waals surface area (Å²) >= 11 is 6.32. The Balaban J connectivity index is 1.72. The van der Waals surface area contributed by atoms with Crippen LogP contribution in [0.4, 0.5) is 16.3 Å². The first-order valence-corrected chi connectivity index (χ1v) is 10.3. The number of rotatable bonds is 9. The summed E-state index contributed by atoms with van der Waals surface area (Å²) in [4.78, 5) is 16.6. The summed E-state index contributed by atoms with van der Waals surface area (Å²) in [5, 5.41) is 6.62. The highest BCUT2D eigenvalue weighted by Gasteiger charge is 2.14. The van der Waals surface area contributed by atoms with Crippen LogP contribution in [0.3, 0.4) is 0 Å². The number of nitrogens with two attached hydrogens (primary N) is 1. The monoisotopic (exact) mass is 436 g/mol. The predicted octanol–water partition coefficient (Wildman–Crippen LogP) is 5.67. The van der Waals surface area contributed by atoms with Gasteiger partial charge in [0.05, 0.1) is 6.04 Å². The third-order valence-electron chi connectivity index (χ3n) is 4.57. The smallest absolute Gasteiger partial charge is 0.411 e. The van der Waals surface area contributed by atoms with Gasteiger partial charge < -0.3 is 15.8 Å². The van der Waals surface area contributed by atoms with E-state index in [1.807, 2.05) is 60.7 Å². The molecule has 31 heavy (non-hydrogen) atoms. The van der Waals surface area contributed by atoms with E-state index in [4.69, 9.17) is 22.1 Å². The van der Waals surface area contributed by atoms with Crippen molar-refractivity contribution in [3.8, 4) is 0 Å². The zero-order chi connectivity index (χ0) is 22.1. The lowest BCUT2D eigenvalue weighted by atomic mass is 10.0. The minimum absolute atomic E-state index is 0.141. The van der Waals surface area contributed by atoms with Crippen molar-refractivity contribution in [2.24, 2.45) is 5.73 Å². The lowest BCUT2D eigenvalue weighted by molar-refractivity contribution is 0.155. The van der Waals surface area contributed by atoms with Crippen LogP contribution >= 0.6 is 11.6 Å². The quantitative estimate of drug-likeness (QED) is 0.376. The molecular weight excluding hydrogens is 412 g/mol. The molecule has 1 heterocycles. The summed E-state index contributed by atoms with van der Waals surface area (Å²) in [5.41, 5.74) is 9.03. The molecule has 0 radical (unpaired) electrons. The number of halogens is 1. The molecule has 0 saturated heterocycles. The van der Waals surface area contributed by atoms with E-state index in [2.05, 4.69) is 22.2 Å². The number of hydrogen-bond acceptors (Lipinski definition) is 5. The molecule has 3 aromatic rings. The van der Waals surface area contributed by atoms with Crippen molar-refractivity contribution in [3.05, 3.63) is 101 Å². The number of anilines is 2. The Kier molecular flexibility index (Phi) is 8.04. The number of aromatic nitrogens is 1. The van der Waals surface area contributed by atoms with Gasteiger partial charge in [0, 0.05) is 23.5 Å². The molecule has 2 aromatic carbocycles. The van der Waals surface area contributed by atoms with Crippen LogP contribution in [-0.4, -0.2) is 11.1 Å². The van der Waals surface area contributed by atoms with Crippen molar-refractivity contribution < 1.29 is 9.53 Å². The van der Waals surface area contributed by atoms with Gasteiger partial charge in [-0.3, -0.25) is 5.32 Å². The third kappa shape index (κ3) is 6.84. The number of carbonyl (C=O) groups is 1. The number of nitrogens with zero attached hydrogens (tertiary/aromatic N) is 1. The molecule has 0 fully saturated rings. The number of amides is 1. The van der Waals surface area contributed by atoms with Crippen molar-refractivity contribution in [1.82, 2.24) is 4.98 Å². The number of carbonyl (C=O) groups excluding carboxylic acids is 1. The van der Waals surface area contributed by atoms with Gasteiger partial charge in [-0.05, 0) is 53.4 Å². The standard InChI is InChI=1S/C24H25ClN4O2/c1-2-6-22(29-23-11-18(15-26)9-10-27-23)19-12-20(25)14-21(13-19)28-24(30)31-16-17-7-4-3-5-8-17/h2-5,7-14,22H,1,6,15-16,26H2,(H,27,29)(H,28,30)/t22-/m0/s1. The van der Waals surface area contributed by atoms with Crippen molar-refractivity contribution in [2.45, 2.75) is 25.6 Å². The maximum absolute atomic E-state index is 12.2. The molecule has 3 rings (SSSR count). The zero-order valence-electron chi connectivity index (χ0n) is 17.1. The number of nitrogens with one attached hydrogen (secondary N) is 2. The predicted molar refractivity (Wildman–Crippen MR) is 125 cm³/mol. The van der Waals surface area contributed by atoms with E-state index in [1.54, 1.807) is 12.3 Å². The largest absolute Gasteiger partial charge is 0.444 e. The van der Waals surface area contributed by atoms with Gasteiger partial charge in [0.2, 0.25) is 0 Å². The summed E-state index contributed by atoms with van der Waals surface area (Å²) in [6.45, 7) is 4.46. The number of pyridine rings is 1. The van der Waals surface area contributed by atoms with E-state index in [0.717, 1.165) is 16.7 Å². The fraction of sp³-hybridized carbons (Fsp3) is 0.167. The number of benzene rings is 2. The molecule has 1 atom stereocenters. The lowest BCUT2D eigenvalue weighted by Gasteiger charge is -2.20. The van der Waals surface area contributed by atoms with Gasteiger partial charge in [-0.15, -0.1) is 6.58 Å². The Bertz CT molecular complexity index is 1030. The topological polar surface area (TPSA) is 89.3 Å². The Labute approximate surface area is 187 Å². The van der Waals surface area contributed by atoms with Gasteiger partial charge in [-0.1, -0.05) is 48.0 Å². The molecule has 0 spiro atoms. The summed E-state index contributed by atoms with van der Waals surface area (Å²) in [5.74, 6) is 0.701. The van der Waals surface area contributed by atoms with Crippen LogP contribution in [0.1, 0.15) is 29.2 Å². The molecule has 0 aliphatic heterocycles. The van der Waals surface area contributed by atoms with Gasteiger partial charge in [-0.25, -0.2) is 9.78 Å². The molecule has 7 heteroatoms. The zero-order valence-corrected chi connectivity index (χ0v) is 17.8. The van der Waals surface area contributed by atoms with E-state index in [1.165, 1.54) is 0 Å². The first-order valence-electron chi connectivity index (χ1n) is 9.88. The average Bonchev–Trinajstić information content (AvgIpc) is 2.78. The minimum atomic E-state index is -0.553. The van der Waals surface area contributed by atoms with E-state index in [0.29, 0.717) is 29.5 Å². The van der Waals surface area contributed by atoms with Crippen LogP contribution < -0.4 is 16.4 Å². The molecule has 6 nitrogen and oxygen atoms in total. The van der Waals surface area contributed by atoms with Crippen LogP contribution in [0.5, 0.6) is 0 Å². The average molecular weight is 437 g/mol. The lowest BCUT2D eigenvalue weighted by Crippen LogP contribution is -2.15. The Hall–Kier alpha value is -3.35.